The van der Waals surface area contributed by atoms with Crippen LogP contribution < -0.4 is 0 Å². The first-order chi connectivity index (χ1) is 11.4. The second-order valence-corrected chi connectivity index (χ2v) is 4.95. The van der Waals surface area contributed by atoms with Gasteiger partial charge in [-0.15, -0.1) is 0 Å². The molecule has 130 valence electrons. The Balaban J connectivity index is 2.15. The maximum Gasteiger partial charge on any atom is 0.355 e. The highest BCUT2D eigenvalue weighted by Gasteiger charge is 2.24. The zero-order chi connectivity index (χ0) is 17.9. The maximum absolute atomic E-state index is 12.7. The molecule has 0 radical (unpaired) electrons. The van der Waals surface area contributed by atoms with Crippen molar-refractivity contribution in [3.05, 3.63) is 40.7 Å². The molecule has 0 aliphatic rings. The topological polar surface area (TPSA) is 86.2 Å². The van der Waals surface area contributed by atoms with Gasteiger partial charge in [-0.1, -0.05) is 0 Å². The van der Waals surface area contributed by atoms with Crippen LogP contribution in [0.4, 0.5) is 8.78 Å². The summed E-state index contributed by atoms with van der Waals surface area (Å²) in [4.78, 5) is 30.6. The van der Waals surface area contributed by atoms with Gasteiger partial charge >= 0.3 is 18.5 Å². The van der Waals surface area contributed by atoms with Crippen LogP contribution in [0.2, 0.25) is 0 Å². The summed E-state index contributed by atoms with van der Waals surface area (Å²) in [6.07, 6.45) is 2.29. The number of carbonyl (C=O) groups excluding carboxylic acids is 2. The van der Waals surface area contributed by atoms with Gasteiger partial charge in [0.15, 0.2) is 5.82 Å². The van der Waals surface area contributed by atoms with Gasteiger partial charge in [0, 0.05) is 18.1 Å². The second kappa shape index (κ2) is 7.24. The van der Waals surface area contributed by atoms with Gasteiger partial charge in [-0.3, -0.25) is 4.57 Å². The van der Waals surface area contributed by atoms with E-state index in [1.807, 2.05) is 0 Å². The van der Waals surface area contributed by atoms with Crippen molar-refractivity contribution in [1.29, 1.82) is 0 Å². The molecule has 2 aromatic rings. The number of rotatable bonds is 6. The molecule has 2 rings (SSSR count). The van der Waals surface area contributed by atoms with Crippen LogP contribution in [0.5, 0.6) is 0 Å². The van der Waals surface area contributed by atoms with Gasteiger partial charge in [0.05, 0.1) is 12.2 Å². The molecule has 0 bridgehead atoms. The molecule has 24 heavy (non-hydrogen) atoms. The number of aromatic nitrogens is 3. The zero-order valence-electron chi connectivity index (χ0n) is 13.4. The molecule has 0 aromatic carbocycles. The van der Waals surface area contributed by atoms with Crippen LogP contribution in [0.3, 0.4) is 0 Å². The highest BCUT2D eigenvalue weighted by molar-refractivity contribution is 5.98. The molecule has 7 nitrogen and oxygen atoms in total. The maximum atomic E-state index is 12.7. The van der Waals surface area contributed by atoms with Gasteiger partial charge in [0.25, 0.3) is 0 Å². The summed E-state index contributed by atoms with van der Waals surface area (Å²) in [6, 6.07) is 0. The molecule has 2 aromatic heterocycles. The average molecular weight is 341 g/mol. The van der Waals surface area contributed by atoms with Crippen LogP contribution in [0.1, 0.15) is 51.4 Å². The first-order valence-corrected chi connectivity index (χ1v) is 7.20. The molecule has 1 N–H and O–H groups in total. The molecule has 0 saturated carbocycles. The first kappa shape index (κ1) is 17.6. The molecule has 0 atom stereocenters. The smallest absolute Gasteiger partial charge is 0.355 e. The molecule has 0 unspecified atom stereocenters. The lowest BCUT2D eigenvalue weighted by Crippen LogP contribution is -2.12. The number of alkyl halides is 2. The number of aryl methyl sites for hydroxylation is 1. The molecular weight excluding hydrogens is 324 g/mol. The van der Waals surface area contributed by atoms with E-state index < -0.39 is 25.1 Å². The number of nitrogens with one attached hydrogen (secondary N) is 1. The van der Waals surface area contributed by atoms with E-state index in [0.717, 1.165) is 6.20 Å². The lowest BCUT2D eigenvalue weighted by atomic mass is 10.1. The summed E-state index contributed by atoms with van der Waals surface area (Å²) < 4.78 is 36.0. The first-order valence-electron chi connectivity index (χ1n) is 7.20. The summed E-state index contributed by atoms with van der Waals surface area (Å²) >= 11 is 0. The van der Waals surface area contributed by atoms with E-state index in [-0.39, 0.29) is 23.7 Å². The molecule has 9 heteroatoms. The number of hydrogen-bond donors (Lipinski definition) is 1. The monoisotopic (exact) mass is 341 g/mol. The summed E-state index contributed by atoms with van der Waals surface area (Å²) in [5, 5.41) is 0. The molecule has 2 heterocycles. The summed E-state index contributed by atoms with van der Waals surface area (Å²) in [6.45, 7) is 1.87. The minimum Gasteiger partial charge on any atom is -0.461 e. The van der Waals surface area contributed by atoms with Crippen LogP contribution >= 0.6 is 0 Å². The number of esters is 2. The molecule has 0 fully saturated rings. The Hall–Kier alpha value is -2.71. The van der Waals surface area contributed by atoms with E-state index in [4.69, 9.17) is 9.47 Å². The molecule has 0 aliphatic heterocycles. The summed E-state index contributed by atoms with van der Waals surface area (Å²) in [7, 11) is 0. The molecule has 0 spiro atoms. The fourth-order valence-electron chi connectivity index (χ4n) is 2.30. The van der Waals surface area contributed by atoms with Crippen molar-refractivity contribution < 1.29 is 27.8 Å². The van der Waals surface area contributed by atoms with Crippen LogP contribution in [0, 0.1) is 13.8 Å². The van der Waals surface area contributed by atoms with Gasteiger partial charge in [0.2, 0.25) is 0 Å². The van der Waals surface area contributed by atoms with E-state index in [2.05, 4.69) is 9.97 Å². The minimum atomic E-state index is -2.77. The van der Waals surface area contributed by atoms with Gasteiger partial charge in [-0.05, 0) is 26.3 Å². The van der Waals surface area contributed by atoms with E-state index in [0.29, 0.717) is 15.8 Å². The Kier molecular flexibility index (Phi) is 5.32. The van der Waals surface area contributed by atoms with Crippen LogP contribution in [-0.4, -0.2) is 33.1 Å². The third-order valence-corrected chi connectivity index (χ3v) is 3.41. The second-order valence-electron chi connectivity index (χ2n) is 4.95. The van der Waals surface area contributed by atoms with Crippen molar-refractivity contribution >= 4 is 11.9 Å². The predicted molar refractivity (Wildman–Crippen MR) is 78.8 cm³/mol. The van der Waals surface area contributed by atoms with E-state index >= 15 is 0 Å². The lowest BCUT2D eigenvalue weighted by molar-refractivity contribution is 0.0375. The van der Waals surface area contributed by atoms with Gasteiger partial charge in [0.1, 0.15) is 12.3 Å². The Morgan fingerprint density at radius 2 is 2.00 bits per heavy atom. The van der Waals surface area contributed by atoms with Crippen molar-refractivity contribution in [2.45, 2.75) is 33.9 Å². The highest BCUT2D eigenvalue weighted by Crippen LogP contribution is 2.21. The Labute approximate surface area is 136 Å². The fraction of sp³-hybridized carbons (Fsp3) is 0.400. The van der Waals surface area contributed by atoms with Crippen molar-refractivity contribution in [2.24, 2.45) is 0 Å². The number of ether oxygens (including phenoxy) is 2. The predicted octanol–water partition coefficient (Wildman–Crippen LogP) is 2.76. The number of halogens is 2. The van der Waals surface area contributed by atoms with Gasteiger partial charge in [-0.2, -0.15) is 8.78 Å². The van der Waals surface area contributed by atoms with E-state index in [1.54, 1.807) is 20.8 Å². The van der Waals surface area contributed by atoms with Gasteiger partial charge < -0.3 is 14.5 Å². The third-order valence-electron chi connectivity index (χ3n) is 3.41. The van der Waals surface area contributed by atoms with Crippen molar-refractivity contribution in [1.82, 2.24) is 14.5 Å². The lowest BCUT2D eigenvalue weighted by Gasteiger charge is -2.08. The number of nitrogens with zero attached hydrogens (tertiary/aromatic N) is 2. The number of H-pyrrole nitrogens is 1. The van der Waals surface area contributed by atoms with Crippen LogP contribution in [0.15, 0.2) is 12.4 Å². The van der Waals surface area contributed by atoms with Gasteiger partial charge in [-0.25, -0.2) is 14.6 Å². The normalized spacial score (nSPS) is 10.9. The summed E-state index contributed by atoms with van der Waals surface area (Å²) in [5.74, 6) is -1.39. The quantitative estimate of drug-likeness (QED) is 0.817. The Bertz CT molecular complexity index is 752. The highest BCUT2D eigenvalue weighted by atomic mass is 19.3. The molecule has 0 aliphatic carbocycles. The fourth-order valence-corrected chi connectivity index (χ4v) is 2.30. The Morgan fingerprint density at radius 1 is 1.29 bits per heavy atom. The summed E-state index contributed by atoms with van der Waals surface area (Å²) in [5.41, 5.74) is 1.15. The Morgan fingerprint density at radius 3 is 2.62 bits per heavy atom. The largest absolute Gasteiger partial charge is 0.461 e. The van der Waals surface area contributed by atoms with E-state index in [9.17, 15) is 18.4 Å². The average Bonchev–Trinajstić information content (AvgIpc) is 3.10. The zero-order valence-corrected chi connectivity index (χ0v) is 13.4. The van der Waals surface area contributed by atoms with Crippen LogP contribution in [-0.2, 0) is 16.1 Å². The number of carbonyl (C=O) groups is 2. The van der Waals surface area contributed by atoms with Crippen LogP contribution in [0.25, 0.3) is 0 Å². The van der Waals surface area contributed by atoms with E-state index in [1.165, 1.54) is 6.20 Å². The molecule has 0 saturated heterocycles. The SMILES string of the molecule is CCOC(=O)c1[nH]c(C)c(C(=O)OCc2nccn2C(F)F)c1C. The number of aromatic amines is 1. The van der Waals surface area contributed by atoms with Crippen molar-refractivity contribution in [2.75, 3.05) is 6.61 Å². The van der Waals surface area contributed by atoms with Crippen molar-refractivity contribution in [3.8, 4) is 0 Å². The third kappa shape index (κ3) is 3.44. The molecular formula is C15H17F2N3O4. The standard InChI is InChI=1S/C15H17F2N3O4/c1-4-23-14(22)12-8(2)11(9(3)19-12)13(21)24-7-10-18-5-6-20(10)15(16)17/h5-6,15,19H,4,7H2,1-3H3. The number of hydrogen-bond acceptors (Lipinski definition) is 5. The van der Waals surface area contributed by atoms with Crippen molar-refractivity contribution in [3.63, 3.8) is 0 Å². The molecule has 0 amide bonds. The number of imidazole rings is 1. The minimum absolute atomic E-state index is 0.0743.